The highest BCUT2D eigenvalue weighted by atomic mass is 19.1. The number of hydrogen-bond donors (Lipinski definition) is 1. The zero-order valence-electron chi connectivity index (χ0n) is 11.8. The molecule has 0 atom stereocenters. The van der Waals surface area contributed by atoms with Crippen LogP contribution in [0.3, 0.4) is 0 Å². The van der Waals surface area contributed by atoms with Crippen LogP contribution in [0.15, 0.2) is 42.6 Å². The number of nitrogens with one attached hydrogen (secondary N) is 1. The first-order valence-electron chi connectivity index (χ1n) is 6.35. The molecule has 0 aliphatic carbocycles. The summed E-state index contributed by atoms with van der Waals surface area (Å²) in [5.74, 6) is 0.135. The average Bonchev–Trinajstić information content (AvgIpc) is 2.50. The number of methoxy groups -OCH3 is 1. The molecule has 0 radical (unpaired) electrons. The second-order valence-electron chi connectivity index (χ2n) is 4.47. The predicted molar refractivity (Wildman–Crippen MR) is 77.7 cm³/mol. The van der Waals surface area contributed by atoms with Crippen LogP contribution in [0.25, 0.3) is 0 Å². The zero-order valence-corrected chi connectivity index (χ0v) is 11.8. The van der Waals surface area contributed by atoms with Gasteiger partial charge in [0.15, 0.2) is 0 Å². The van der Waals surface area contributed by atoms with E-state index in [1.165, 1.54) is 24.3 Å². The van der Waals surface area contributed by atoms with Crippen molar-refractivity contribution in [2.75, 3.05) is 19.5 Å². The average molecular weight is 289 g/mol. The zero-order chi connectivity index (χ0) is 15.2. The monoisotopic (exact) mass is 289 g/mol. The third-order valence-corrected chi connectivity index (χ3v) is 2.91. The molecule has 5 nitrogen and oxygen atoms in total. The Morgan fingerprint density at radius 2 is 2.10 bits per heavy atom. The summed E-state index contributed by atoms with van der Waals surface area (Å²) < 4.78 is 18.5. The summed E-state index contributed by atoms with van der Waals surface area (Å²) in [5.41, 5.74) is 1.00. The number of rotatable bonds is 4. The Kier molecular flexibility index (Phi) is 4.71. The van der Waals surface area contributed by atoms with Gasteiger partial charge >= 0.3 is 6.03 Å². The molecule has 0 bridgehead atoms. The minimum atomic E-state index is -0.342. The fourth-order valence-corrected chi connectivity index (χ4v) is 1.75. The van der Waals surface area contributed by atoms with E-state index in [9.17, 15) is 9.18 Å². The number of aromatic nitrogens is 1. The summed E-state index contributed by atoms with van der Waals surface area (Å²) in [6.45, 7) is 0.183. The van der Waals surface area contributed by atoms with Gasteiger partial charge in [-0.1, -0.05) is 18.2 Å². The van der Waals surface area contributed by atoms with Gasteiger partial charge in [-0.05, 0) is 12.1 Å². The lowest BCUT2D eigenvalue weighted by molar-refractivity contribution is 0.220. The van der Waals surface area contributed by atoms with Gasteiger partial charge in [0.25, 0.3) is 0 Å². The van der Waals surface area contributed by atoms with Crippen LogP contribution in [-0.2, 0) is 6.54 Å². The number of benzene rings is 1. The Balaban J connectivity index is 1.97. The largest absolute Gasteiger partial charge is 0.481 e. The van der Waals surface area contributed by atoms with Crippen molar-refractivity contribution in [3.63, 3.8) is 0 Å². The highest BCUT2D eigenvalue weighted by Crippen LogP contribution is 2.13. The normalized spacial score (nSPS) is 10.0. The minimum absolute atomic E-state index is 0.183. The molecule has 110 valence electrons. The van der Waals surface area contributed by atoms with Crippen molar-refractivity contribution in [1.82, 2.24) is 9.88 Å². The number of carbonyl (C=O) groups excluding carboxylic acids is 1. The molecular formula is C15H16FN3O2. The van der Waals surface area contributed by atoms with E-state index in [0.717, 1.165) is 0 Å². The molecule has 0 fully saturated rings. The van der Waals surface area contributed by atoms with E-state index in [4.69, 9.17) is 4.74 Å². The van der Waals surface area contributed by atoms with Crippen molar-refractivity contribution < 1.29 is 13.9 Å². The fraction of sp³-hybridized carbons (Fsp3) is 0.200. The van der Waals surface area contributed by atoms with Gasteiger partial charge in [-0.2, -0.15) is 0 Å². The van der Waals surface area contributed by atoms with Gasteiger partial charge in [0.1, 0.15) is 5.82 Å². The van der Waals surface area contributed by atoms with Crippen LogP contribution in [0, 0.1) is 5.82 Å². The molecule has 2 rings (SSSR count). The maximum absolute atomic E-state index is 13.5. The van der Waals surface area contributed by atoms with Gasteiger partial charge in [-0.25, -0.2) is 14.2 Å². The highest BCUT2D eigenvalue weighted by Gasteiger charge is 2.11. The summed E-state index contributed by atoms with van der Waals surface area (Å²) >= 11 is 0. The lowest BCUT2D eigenvalue weighted by Crippen LogP contribution is -2.31. The van der Waals surface area contributed by atoms with Crippen molar-refractivity contribution in [2.24, 2.45) is 0 Å². The summed E-state index contributed by atoms with van der Waals surface area (Å²) in [4.78, 5) is 17.4. The molecule has 2 amide bonds. The number of urea groups is 1. The van der Waals surface area contributed by atoms with E-state index in [-0.39, 0.29) is 18.4 Å². The Morgan fingerprint density at radius 3 is 2.71 bits per heavy atom. The topological polar surface area (TPSA) is 54.5 Å². The molecule has 1 N–H and O–H groups in total. The Bertz CT molecular complexity index is 617. The van der Waals surface area contributed by atoms with Crippen LogP contribution >= 0.6 is 0 Å². The smallest absolute Gasteiger partial charge is 0.321 e. The van der Waals surface area contributed by atoms with E-state index in [1.54, 1.807) is 37.4 Å². The Hall–Kier alpha value is -2.63. The first kappa shape index (κ1) is 14.8. The summed E-state index contributed by atoms with van der Waals surface area (Å²) in [6, 6.07) is 9.35. The molecule has 0 saturated carbocycles. The second kappa shape index (κ2) is 6.69. The van der Waals surface area contributed by atoms with Crippen LogP contribution in [0.5, 0.6) is 5.88 Å². The molecule has 1 aromatic carbocycles. The molecule has 0 spiro atoms. The molecular weight excluding hydrogens is 273 g/mol. The minimum Gasteiger partial charge on any atom is -0.481 e. The molecule has 2 aromatic rings. The van der Waals surface area contributed by atoms with Gasteiger partial charge in [-0.15, -0.1) is 0 Å². The third kappa shape index (κ3) is 3.92. The molecule has 1 aromatic heterocycles. The van der Waals surface area contributed by atoms with Crippen molar-refractivity contribution in [3.05, 3.63) is 54.0 Å². The Morgan fingerprint density at radius 1 is 1.33 bits per heavy atom. The quantitative estimate of drug-likeness (QED) is 0.941. The first-order chi connectivity index (χ1) is 10.1. The van der Waals surface area contributed by atoms with Gasteiger partial charge in [0, 0.05) is 25.2 Å². The number of pyridine rings is 1. The van der Waals surface area contributed by atoms with Gasteiger partial charge in [0.2, 0.25) is 5.88 Å². The van der Waals surface area contributed by atoms with Crippen LogP contribution in [0.1, 0.15) is 5.56 Å². The summed E-state index contributed by atoms with van der Waals surface area (Å²) in [7, 11) is 3.11. The number of nitrogens with zero attached hydrogens (tertiary/aromatic N) is 2. The number of hydrogen-bond acceptors (Lipinski definition) is 3. The third-order valence-electron chi connectivity index (χ3n) is 2.91. The molecule has 1 heterocycles. The lowest BCUT2D eigenvalue weighted by Gasteiger charge is -2.18. The van der Waals surface area contributed by atoms with Gasteiger partial charge in [-0.3, -0.25) is 0 Å². The van der Waals surface area contributed by atoms with Crippen LogP contribution in [0.2, 0.25) is 0 Å². The van der Waals surface area contributed by atoms with E-state index in [0.29, 0.717) is 17.1 Å². The number of carbonyl (C=O) groups is 1. The van der Waals surface area contributed by atoms with Crippen molar-refractivity contribution in [3.8, 4) is 5.88 Å². The lowest BCUT2D eigenvalue weighted by atomic mass is 10.2. The molecule has 0 saturated heterocycles. The molecule has 0 unspecified atom stereocenters. The SMILES string of the molecule is COc1ccc(NC(=O)N(C)Cc2ccccc2F)cn1. The number of halogens is 1. The van der Waals surface area contributed by atoms with Crippen LogP contribution < -0.4 is 10.1 Å². The van der Waals surface area contributed by atoms with E-state index in [2.05, 4.69) is 10.3 Å². The molecule has 21 heavy (non-hydrogen) atoms. The van der Waals surface area contributed by atoms with Gasteiger partial charge in [0.05, 0.1) is 19.0 Å². The Labute approximate surface area is 122 Å². The maximum Gasteiger partial charge on any atom is 0.321 e. The van der Waals surface area contributed by atoms with E-state index in [1.807, 2.05) is 0 Å². The molecule has 0 aliphatic heterocycles. The number of amides is 2. The number of ether oxygens (including phenoxy) is 1. The highest BCUT2D eigenvalue weighted by molar-refractivity contribution is 5.88. The van der Waals surface area contributed by atoms with Crippen molar-refractivity contribution in [2.45, 2.75) is 6.54 Å². The van der Waals surface area contributed by atoms with E-state index >= 15 is 0 Å². The number of anilines is 1. The summed E-state index contributed by atoms with van der Waals surface area (Å²) in [5, 5.41) is 2.68. The molecule has 6 heteroatoms. The van der Waals surface area contributed by atoms with Gasteiger partial charge < -0.3 is 15.0 Å². The van der Waals surface area contributed by atoms with Crippen LogP contribution in [0.4, 0.5) is 14.9 Å². The summed E-state index contributed by atoms with van der Waals surface area (Å²) in [6.07, 6.45) is 1.49. The maximum atomic E-state index is 13.5. The predicted octanol–water partition coefficient (Wildman–Crippen LogP) is 2.89. The first-order valence-corrected chi connectivity index (χ1v) is 6.35. The van der Waals surface area contributed by atoms with Crippen molar-refractivity contribution in [1.29, 1.82) is 0 Å². The standard InChI is InChI=1S/C15H16FN3O2/c1-19(10-11-5-3-4-6-13(11)16)15(20)18-12-7-8-14(21-2)17-9-12/h3-9H,10H2,1-2H3,(H,18,20). The molecule has 0 aliphatic rings. The fourth-order valence-electron chi connectivity index (χ4n) is 1.75. The van der Waals surface area contributed by atoms with Crippen LogP contribution in [-0.4, -0.2) is 30.1 Å². The van der Waals surface area contributed by atoms with E-state index < -0.39 is 0 Å². The van der Waals surface area contributed by atoms with Crippen molar-refractivity contribution >= 4 is 11.7 Å². The second-order valence-corrected chi connectivity index (χ2v) is 4.47.